The van der Waals surface area contributed by atoms with Gasteiger partial charge in [0.25, 0.3) is 0 Å². The summed E-state index contributed by atoms with van der Waals surface area (Å²) in [5.41, 5.74) is 1.56. The molecule has 0 spiro atoms. The zero-order chi connectivity index (χ0) is 18.8. The summed E-state index contributed by atoms with van der Waals surface area (Å²) in [5, 5.41) is 17.9. The second-order valence-corrected chi connectivity index (χ2v) is 5.77. The van der Waals surface area contributed by atoms with Gasteiger partial charge in [0.1, 0.15) is 11.9 Å². The summed E-state index contributed by atoms with van der Waals surface area (Å²) in [5.74, 6) is -1.95. The van der Waals surface area contributed by atoms with Gasteiger partial charge in [-0.15, -0.1) is 0 Å². The molecule has 138 valence electrons. The Hall–Kier alpha value is -2.77. The maximum absolute atomic E-state index is 12.8. The molecule has 0 bridgehead atoms. The number of aliphatic carboxylic acids is 1. The van der Waals surface area contributed by atoms with Crippen molar-refractivity contribution in [1.82, 2.24) is 10.6 Å². The average Bonchev–Trinajstić information content (AvgIpc) is 2.63. The van der Waals surface area contributed by atoms with Gasteiger partial charge in [-0.3, -0.25) is 9.59 Å². The fraction of sp³-hybridized carbons (Fsp3) is 0.263. The molecule has 1 amide bonds. The van der Waals surface area contributed by atoms with Gasteiger partial charge >= 0.3 is 5.97 Å². The predicted molar refractivity (Wildman–Crippen MR) is 97.2 cm³/mol. The van der Waals surface area contributed by atoms with Crippen molar-refractivity contribution in [3.05, 3.63) is 66.0 Å². The molecule has 2 aromatic rings. The molecule has 2 rings (SSSR count). The first kappa shape index (κ1) is 19.6. The summed E-state index contributed by atoms with van der Waals surface area (Å²) in [6, 6.07) is 14.1. The van der Waals surface area contributed by atoms with E-state index in [1.807, 2.05) is 30.3 Å². The zero-order valence-corrected chi connectivity index (χ0v) is 14.2. The van der Waals surface area contributed by atoms with Crippen LogP contribution in [0.2, 0.25) is 0 Å². The number of hydrogen-bond donors (Lipinski definition) is 4. The van der Waals surface area contributed by atoms with Gasteiger partial charge in [0.05, 0.1) is 6.42 Å². The molecule has 2 aromatic carbocycles. The third kappa shape index (κ3) is 7.00. The highest BCUT2D eigenvalue weighted by Crippen LogP contribution is 2.09. The van der Waals surface area contributed by atoms with Crippen LogP contribution in [0.4, 0.5) is 10.1 Å². The predicted octanol–water partition coefficient (Wildman–Crippen LogP) is 1.99. The van der Waals surface area contributed by atoms with Crippen molar-refractivity contribution in [3.8, 4) is 0 Å². The number of hydrogen-bond acceptors (Lipinski definition) is 4. The van der Waals surface area contributed by atoms with Crippen molar-refractivity contribution in [3.63, 3.8) is 0 Å². The molecule has 1 atom stereocenters. The zero-order valence-electron chi connectivity index (χ0n) is 14.2. The number of carboxylic acid groups (broad SMARTS) is 1. The molecular formula is C19H22FN3O3. The fourth-order valence-electron chi connectivity index (χ4n) is 2.34. The lowest BCUT2D eigenvalue weighted by molar-refractivity contribution is -0.141. The van der Waals surface area contributed by atoms with E-state index < -0.39 is 23.7 Å². The molecule has 26 heavy (non-hydrogen) atoms. The van der Waals surface area contributed by atoms with E-state index >= 15 is 0 Å². The largest absolute Gasteiger partial charge is 0.480 e. The lowest BCUT2D eigenvalue weighted by Crippen LogP contribution is -2.42. The maximum atomic E-state index is 12.8. The third-order valence-electron chi connectivity index (χ3n) is 3.68. The van der Waals surface area contributed by atoms with Crippen LogP contribution in [0.5, 0.6) is 0 Å². The van der Waals surface area contributed by atoms with E-state index in [2.05, 4.69) is 16.0 Å². The summed E-state index contributed by atoms with van der Waals surface area (Å²) in [6.45, 7) is 1.66. The maximum Gasteiger partial charge on any atom is 0.321 e. The van der Waals surface area contributed by atoms with Crippen LogP contribution in [0.15, 0.2) is 54.6 Å². The summed E-state index contributed by atoms with van der Waals surface area (Å²) in [6.07, 6.45) is -0.217. The number of carboxylic acids is 1. The van der Waals surface area contributed by atoms with Crippen LogP contribution >= 0.6 is 0 Å². The van der Waals surface area contributed by atoms with Gasteiger partial charge in [0.2, 0.25) is 5.91 Å². The lowest BCUT2D eigenvalue weighted by atomic mass is 10.2. The molecular weight excluding hydrogens is 337 g/mol. The number of anilines is 1. The molecule has 6 nitrogen and oxygen atoms in total. The third-order valence-corrected chi connectivity index (χ3v) is 3.68. The minimum absolute atomic E-state index is 0.217. The highest BCUT2D eigenvalue weighted by Gasteiger charge is 2.20. The van der Waals surface area contributed by atoms with Gasteiger partial charge in [-0.2, -0.15) is 0 Å². The summed E-state index contributed by atoms with van der Waals surface area (Å²) in [4.78, 5) is 23.3. The van der Waals surface area contributed by atoms with E-state index in [0.29, 0.717) is 25.3 Å². The van der Waals surface area contributed by atoms with Crippen LogP contribution in [0.3, 0.4) is 0 Å². The minimum atomic E-state index is -1.10. The molecule has 0 heterocycles. The molecule has 0 aliphatic carbocycles. The Morgan fingerprint density at radius 3 is 2.35 bits per heavy atom. The SMILES string of the molecule is O=C(C[C@H](NCCNCc1ccccc1)C(=O)O)Nc1ccc(F)cc1. The first-order valence-corrected chi connectivity index (χ1v) is 8.31. The Morgan fingerprint density at radius 1 is 1.00 bits per heavy atom. The second-order valence-electron chi connectivity index (χ2n) is 5.77. The van der Waals surface area contributed by atoms with Crippen molar-refractivity contribution in [2.45, 2.75) is 19.0 Å². The quantitative estimate of drug-likeness (QED) is 0.487. The topological polar surface area (TPSA) is 90.5 Å². The molecule has 0 aromatic heterocycles. The summed E-state index contributed by atoms with van der Waals surface area (Å²) in [7, 11) is 0. The van der Waals surface area contributed by atoms with E-state index in [1.165, 1.54) is 24.3 Å². The highest BCUT2D eigenvalue weighted by atomic mass is 19.1. The second kappa shape index (κ2) is 10.3. The van der Waals surface area contributed by atoms with Crippen molar-refractivity contribution in [2.75, 3.05) is 18.4 Å². The van der Waals surface area contributed by atoms with Gasteiger partial charge in [-0.1, -0.05) is 30.3 Å². The standard InChI is InChI=1S/C19H22FN3O3/c20-15-6-8-16(9-7-15)23-18(24)12-17(19(25)26)22-11-10-21-13-14-4-2-1-3-5-14/h1-9,17,21-22H,10-13H2,(H,23,24)(H,25,26)/t17-/m0/s1. The Morgan fingerprint density at radius 2 is 1.69 bits per heavy atom. The average molecular weight is 359 g/mol. The van der Waals surface area contributed by atoms with E-state index in [-0.39, 0.29) is 6.42 Å². The van der Waals surface area contributed by atoms with Crippen LogP contribution in [-0.2, 0) is 16.1 Å². The van der Waals surface area contributed by atoms with Gasteiger partial charge < -0.3 is 21.1 Å². The molecule has 0 saturated heterocycles. The molecule has 0 aliphatic rings. The van der Waals surface area contributed by atoms with E-state index in [0.717, 1.165) is 5.56 Å². The molecule has 0 radical (unpaired) electrons. The van der Waals surface area contributed by atoms with Crippen molar-refractivity contribution in [1.29, 1.82) is 0 Å². The minimum Gasteiger partial charge on any atom is -0.480 e. The number of halogens is 1. The first-order valence-electron chi connectivity index (χ1n) is 8.31. The normalized spacial score (nSPS) is 11.7. The van der Waals surface area contributed by atoms with Gasteiger partial charge in [-0.05, 0) is 29.8 Å². The van der Waals surface area contributed by atoms with Crippen LogP contribution < -0.4 is 16.0 Å². The number of rotatable bonds is 10. The van der Waals surface area contributed by atoms with Crippen molar-refractivity contribution < 1.29 is 19.1 Å². The summed E-state index contributed by atoms with van der Waals surface area (Å²) < 4.78 is 12.8. The number of amides is 1. The number of nitrogens with one attached hydrogen (secondary N) is 3. The Labute approximate surface area is 151 Å². The lowest BCUT2D eigenvalue weighted by Gasteiger charge is -2.15. The number of benzene rings is 2. The molecule has 7 heteroatoms. The Balaban J connectivity index is 1.71. The smallest absolute Gasteiger partial charge is 0.321 e. The van der Waals surface area contributed by atoms with Crippen molar-refractivity contribution >= 4 is 17.6 Å². The van der Waals surface area contributed by atoms with Crippen molar-refractivity contribution in [2.24, 2.45) is 0 Å². The molecule has 0 fully saturated rings. The van der Waals surface area contributed by atoms with E-state index in [1.54, 1.807) is 0 Å². The van der Waals surface area contributed by atoms with Gasteiger partial charge in [0, 0.05) is 25.3 Å². The van der Waals surface area contributed by atoms with E-state index in [4.69, 9.17) is 0 Å². The molecule has 0 saturated carbocycles. The van der Waals surface area contributed by atoms with Crippen LogP contribution in [0.25, 0.3) is 0 Å². The molecule has 4 N–H and O–H groups in total. The summed E-state index contributed by atoms with van der Waals surface area (Å²) >= 11 is 0. The molecule has 0 aliphatic heterocycles. The Kier molecular flexibility index (Phi) is 7.73. The van der Waals surface area contributed by atoms with Gasteiger partial charge in [-0.25, -0.2) is 4.39 Å². The van der Waals surface area contributed by atoms with Crippen LogP contribution in [-0.4, -0.2) is 36.1 Å². The fourth-order valence-corrected chi connectivity index (χ4v) is 2.34. The molecule has 0 unspecified atom stereocenters. The highest BCUT2D eigenvalue weighted by molar-refractivity contribution is 5.94. The monoisotopic (exact) mass is 359 g/mol. The Bertz CT molecular complexity index is 708. The number of carbonyl (C=O) groups is 2. The van der Waals surface area contributed by atoms with Crippen LogP contribution in [0, 0.1) is 5.82 Å². The van der Waals surface area contributed by atoms with Gasteiger partial charge in [0.15, 0.2) is 0 Å². The first-order chi connectivity index (χ1) is 12.5. The van der Waals surface area contributed by atoms with E-state index in [9.17, 15) is 19.1 Å². The number of carbonyl (C=O) groups excluding carboxylic acids is 1. The van der Waals surface area contributed by atoms with Crippen LogP contribution in [0.1, 0.15) is 12.0 Å².